The predicted octanol–water partition coefficient (Wildman–Crippen LogP) is 5.98. The van der Waals surface area contributed by atoms with Crippen LogP contribution in [0.5, 0.6) is 0 Å². The fraction of sp³-hybridized carbons (Fsp3) is 0.103. The molecular weight excluding hydrogens is 505 g/mol. The van der Waals surface area contributed by atoms with Crippen LogP contribution >= 0.6 is 7.60 Å². The molecule has 4 rings (SSSR count). The van der Waals surface area contributed by atoms with Crippen LogP contribution in [0.2, 0.25) is 0 Å². The first-order valence-electron chi connectivity index (χ1n) is 11.7. The maximum atomic E-state index is 12.4. The third-order valence-corrected chi connectivity index (χ3v) is 6.48. The molecule has 0 aliphatic rings. The number of esters is 2. The highest BCUT2D eigenvalue weighted by Gasteiger charge is 2.16. The third-order valence-electron chi connectivity index (χ3n) is 5.70. The first-order valence-corrected chi connectivity index (χ1v) is 13.5. The number of anilines is 3. The van der Waals surface area contributed by atoms with E-state index in [2.05, 4.69) is 4.74 Å². The van der Waals surface area contributed by atoms with Gasteiger partial charge in [-0.25, -0.2) is 9.59 Å². The molecule has 0 saturated carbocycles. The van der Waals surface area contributed by atoms with Crippen LogP contribution < -0.4 is 4.90 Å². The van der Waals surface area contributed by atoms with Gasteiger partial charge >= 0.3 is 19.5 Å². The lowest BCUT2D eigenvalue weighted by molar-refractivity contribution is 0.0471. The highest BCUT2D eigenvalue weighted by atomic mass is 31.2. The summed E-state index contributed by atoms with van der Waals surface area (Å²) in [7, 11) is -2.87. The van der Waals surface area contributed by atoms with Gasteiger partial charge in [0.15, 0.2) is 0 Å². The molecule has 0 atom stereocenters. The minimum Gasteiger partial charge on any atom is -0.465 e. The molecule has 0 aliphatic carbocycles. The van der Waals surface area contributed by atoms with E-state index in [-0.39, 0.29) is 12.8 Å². The fourth-order valence-corrected chi connectivity index (χ4v) is 4.53. The molecule has 4 aromatic rings. The van der Waals surface area contributed by atoms with Crippen molar-refractivity contribution >= 4 is 36.6 Å². The molecule has 0 spiro atoms. The molecule has 0 fully saturated rings. The summed E-state index contributed by atoms with van der Waals surface area (Å²) < 4.78 is 21.4. The van der Waals surface area contributed by atoms with Gasteiger partial charge in [0, 0.05) is 17.1 Å². The van der Waals surface area contributed by atoms with E-state index in [4.69, 9.17) is 4.74 Å². The van der Waals surface area contributed by atoms with E-state index < -0.39 is 19.5 Å². The van der Waals surface area contributed by atoms with E-state index in [0.29, 0.717) is 16.7 Å². The van der Waals surface area contributed by atoms with Crippen LogP contribution in [0, 0.1) is 0 Å². The molecule has 2 N–H and O–H groups in total. The summed E-state index contributed by atoms with van der Waals surface area (Å²) in [6.07, 6.45) is -0.318. The summed E-state index contributed by atoms with van der Waals surface area (Å²) in [6, 6.07) is 30.3. The van der Waals surface area contributed by atoms with Crippen molar-refractivity contribution in [2.24, 2.45) is 0 Å². The molecule has 38 heavy (non-hydrogen) atoms. The summed E-state index contributed by atoms with van der Waals surface area (Å²) in [5.41, 5.74) is 4.59. The number of benzene rings is 4. The van der Waals surface area contributed by atoms with E-state index in [1.165, 1.54) is 31.4 Å². The standard InChI is InChI=1S/C29H26NO7P/c1-36-28(31)23-11-13-24(14-12-23)29(32)37-19-21-7-15-26(16-8-21)30(25-5-3-2-4-6-25)27-17-9-22(10-18-27)20-38(33,34)35/h2-18H,19-20H2,1H3,(H2,33,34,35). The molecule has 4 aromatic carbocycles. The highest BCUT2D eigenvalue weighted by molar-refractivity contribution is 7.50. The van der Waals surface area contributed by atoms with Crippen molar-refractivity contribution < 1.29 is 33.4 Å². The third kappa shape index (κ3) is 6.95. The molecule has 0 aliphatic heterocycles. The summed E-state index contributed by atoms with van der Waals surface area (Å²) in [4.78, 5) is 44.5. The van der Waals surface area contributed by atoms with Crippen LogP contribution in [-0.2, 0) is 26.8 Å². The van der Waals surface area contributed by atoms with Crippen molar-refractivity contribution in [1.29, 1.82) is 0 Å². The average molecular weight is 532 g/mol. The summed E-state index contributed by atoms with van der Waals surface area (Å²) >= 11 is 0. The quantitative estimate of drug-likeness (QED) is 0.200. The second-order valence-corrected chi connectivity index (χ2v) is 10.1. The molecular formula is C29H26NO7P. The largest absolute Gasteiger partial charge is 0.465 e. The number of methoxy groups -OCH3 is 1. The lowest BCUT2D eigenvalue weighted by Crippen LogP contribution is -2.10. The second-order valence-electron chi connectivity index (χ2n) is 8.47. The number of carbonyl (C=O) groups excluding carboxylic acids is 2. The number of hydrogen-bond donors (Lipinski definition) is 2. The Labute approximate surface area is 220 Å². The van der Waals surface area contributed by atoms with Crippen LogP contribution in [0.1, 0.15) is 31.8 Å². The SMILES string of the molecule is COC(=O)c1ccc(C(=O)OCc2ccc(N(c3ccccc3)c3ccc(CP(=O)(O)O)cc3)cc2)cc1. The van der Waals surface area contributed by atoms with Gasteiger partial charge in [0.1, 0.15) is 6.61 Å². The summed E-state index contributed by atoms with van der Waals surface area (Å²) in [5.74, 6) is -0.988. The normalized spacial score (nSPS) is 11.0. The Morgan fingerprint density at radius 2 is 1.16 bits per heavy atom. The average Bonchev–Trinajstić information content (AvgIpc) is 2.93. The first kappa shape index (κ1) is 26.8. The highest BCUT2D eigenvalue weighted by Crippen LogP contribution is 2.40. The molecule has 0 saturated heterocycles. The van der Waals surface area contributed by atoms with E-state index in [1.54, 1.807) is 12.1 Å². The fourth-order valence-electron chi connectivity index (χ4n) is 3.85. The Kier molecular flexibility index (Phi) is 8.38. The van der Waals surface area contributed by atoms with E-state index >= 15 is 0 Å². The zero-order valence-electron chi connectivity index (χ0n) is 20.6. The van der Waals surface area contributed by atoms with Crippen LogP contribution in [0.4, 0.5) is 17.1 Å². The number of hydrogen-bond acceptors (Lipinski definition) is 6. The molecule has 0 radical (unpaired) electrons. The van der Waals surface area contributed by atoms with Gasteiger partial charge < -0.3 is 24.2 Å². The molecule has 0 amide bonds. The van der Waals surface area contributed by atoms with Crippen LogP contribution in [0.15, 0.2) is 103 Å². The van der Waals surface area contributed by atoms with Gasteiger partial charge in [0.05, 0.1) is 24.4 Å². The zero-order chi connectivity index (χ0) is 27.1. The van der Waals surface area contributed by atoms with Gasteiger partial charge in [-0.3, -0.25) is 4.57 Å². The number of para-hydroxylation sites is 1. The summed E-state index contributed by atoms with van der Waals surface area (Å²) in [5, 5.41) is 0. The van der Waals surface area contributed by atoms with Crippen molar-refractivity contribution in [3.8, 4) is 0 Å². The molecule has 194 valence electrons. The number of rotatable bonds is 9. The Morgan fingerprint density at radius 3 is 1.66 bits per heavy atom. The lowest BCUT2D eigenvalue weighted by atomic mass is 10.1. The predicted molar refractivity (Wildman–Crippen MR) is 144 cm³/mol. The van der Waals surface area contributed by atoms with Crippen LogP contribution in [-0.4, -0.2) is 28.8 Å². The Balaban J connectivity index is 1.49. The topological polar surface area (TPSA) is 113 Å². The minimum atomic E-state index is -4.16. The Bertz CT molecular complexity index is 1430. The molecule has 0 aromatic heterocycles. The zero-order valence-corrected chi connectivity index (χ0v) is 21.5. The maximum absolute atomic E-state index is 12.4. The van der Waals surface area contributed by atoms with Crippen molar-refractivity contribution in [1.82, 2.24) is 0 Å². The lowest BCUT2D eigenvalue weighted by Gasteiger charge is -2.26. The second kappa shape index (κ2) is 11.9. The number of carbonyl (C=O) groups is 2. The molecule has 8 nitrogen and oxygen atoms in total. The van der Waals surface area contributed by atoms with Gasteiger partial charge in [0.2, 0.25) is 0 Å². The Hall–Kier alpha value is -4.23. The monoisotopic (exact) mass is 531 g/mol. The number of nitrogens with zero attached hydrogens (tertiary/aromatic N) is 1. The van der Waals surface area contributed by atoms with Crippen LogP contribution in [0.3, 0.4) is 0 Å². The first-order chi connectivity index (χ1) is 18.2. The number of ether oxygens (including phenoxy) is 2. The molecule has 0 heterocycles. The van der Waals surface area contributed by atoms with Gasteiger partial charge in [-0.1, -0.05) is 42.5 Å². The van der Waals surface area contributed by atoms with Gasteiger partial charge in [-0.2, -0.15) is 0 Å². The van der Waals surface area contributed by atoms with E-state index in [9.17, 15) is 23.9 Å². The van der Waals surface area contributed by atoms with Crippen molar-refractivity contribution in [3.63, 3.8) is 0 Å². The van der Waals surface area contributed by atoms with Crippen molar-refractivity contribution in [2.45, 2.75) is 12.8 Å². The van der Waals surface area contributed by atoms with Gasteiger partial charge in [-0.15, -0.1) is 0 Å². The molecule has 9 heteroatoms. The molecule has 0 bridgehead atoms. The van der Waals surface area contributed by atoms with E-state index in [1.807, 2.05) is 71.6 Å². The minimum absolute atomic E-state index is 0.0697. The van der Waals surface area contributed by atoms with Crippen LogP contribution in [0.25, 0.3) is 0 Å². The van der Waals surface area contributed by atoms with Gasteiger partial charge in [-0.05, 0) is 71.8 Å². The van der Waals surface area contributed by atoms with Gasteiger partial charge in [0.25, 0.3) is 0 Å². The Morgan fingerprint density at radius 1 is 0.684 bits per heavy atom. The van der Waals surface area contributed by atoms with Crippen molar-refractivity contribution in [2.75, 3.05) is 12.0 Å². The van der Waals surface area contributed by atoms with Crippen molar-refractivity contribution in [3.05, 3.63) is 125 Å². The van der Waals surface area contributed by atoms with E-state index in [0.717, 1.165) is 22.6 Å². The maximum Gasteiger partial charge on any atom is 0.338 e. The smallest absolute Gasteiger partial charge is 0.338 e. The summed E-state index contributed by atoms with van der Waals surface area (Å²) in [6.45, 7) is 0.0697. The molecule has 0 unspecified atom stereocenters.